The Balaban J connectivity index is 1.59. The van der Waals surface area contributed by atoms with Crippen molar-refractivity contribution >= 4 is 22.7 Å². The summed E-state index contributed by atoms with van der Waals surface area (Å²) in [4.78, 5) is 0. The highest BCUT2D eigenvalue weighted by molar-refractivity contribution is 5.60. The summed E-state index contributed by atoms with van der Waals surface area (Å²) >= 11 is 0. The lowest BCUT2D eigenvalue weighted by Gasteiger charge is -2.16. The van der Waals surface area contributed by atoms with Crippen LogP contribution in [0.2, 0.25) is 0 Å². The zero-order valence-electron chi connectivity index (χ0n) is 14.8. The van der Waals surface area contributed by atoms with Gasteiger partial charge in [-0.15, -0.1) is 0 Å². The third-order valence-electron chi connectivity index (χ3n) is 3.46. The molecule has 8 nitrogen and oxygen atoms in total. The first-order valence-corrected chi connectivity index (χ1v) is 8.24. The van der Waals surface area contributed by atoms with Crippen LogP contribution in [0.3, 0.4) is 0 Å². The Hall–Kier alpha value is -2.84. The number of hydrogen-bond donors (Lipinski definition) is 4. The van der Waals surface area contributed by atoms with E-state index < -0.39 is 6.29 Å². The van der Waals surface area contributed by atoms with Crippen molar-refractivity contribution < 1.29 is 18.9 Å². The lowest BCUT2D eigenvalue weighted by Crippen LogP contribution is -2.20. The number of benzene rings is 2. The van der Waals surface area contributed by atoms with Gasteiger partial charge in [-0.05, 0) is 31.2 Å². The van der Waals surface area contributed by atoms with Gasteiger partial charge >= 0.3 is 0 Å². The van der Waals surface area contributed by atoms with Crippen LogP contribution >= 0.6 is 0 Å². The minimum absolute atomic E-state index is 0.331. The zero-order valence-corrected chi connectivity index (χ0v) is 14.8. The van der Waals surface area contributed by atoms with Crippen molar-refractivity contribution in [3.63, 3.8) is 0 Å². The van der Waals surface area contributed by atoms with Crippen LogP contribution in [0.5, 0.6) is 11.5 Å². The molecule has 8 N–H and O–H groups in total. The van der Waals surface area contributed by atoms with Gasteiger partial charge in [-0.2, -0.15) is 0 Å². The van der Waals surface area contributed by atoms with Gasteiger partial charge in [0.2, 0.25) is 0 Å². The molecule has 8 heteroatoms. The lowest BCUT2D eigenvalue weighted by molar-refractivity contribution is -0.138. The topological polar surface area (TPSA) is 141 Å². The van der Waals surface area contributed by atoms with E-state index in [-0.39, 0.29) is 0 Å². The fourth-order valence-electron chi connectivity index (χ4n) is 2.13. The molecule has 142 valence electrons. The fourth-order valence-corrected chi connectivity index (χ4v) is 2.13. The average Bonchev–Trinajstić information content (AvgIpc) is 2.61. The van der Waals surface area contributed by atoms with Crippen LogP contribution in [-0.4, -0.2) is 32.7 Å². The van der Waals surface area contributed by atoms with E-state index in [1.54, 1.807) is 43.3 Å². The lowest BCUT2D eigenvalue weighted by atomic mass is 10.2. The van der Waals surface area contributed by atoms with Crippen molar-refractivity contribution in [2.75, 3.05) is 49.4 Å². The smallest absolute Gasteiger partial charge is 0.155 e. The van der Waals surface area contributed by atoms with E-state index in [2.05, 4.69) is 0 Å². The van der Waals surface area contributed by atoms with E-state index >= 15 is 0 Å². The predicted molar refractivity (Wildman–Crippen MR) is 103 cm³/mol. The van der Waals surface area contributed by atoms with Crippen molar-refractivity contribution in [3.05, 3.63) is 36.4 Å². The highest BCUT2D eigenvalue weighted by atomic mass is 16.7. The fraction of sp³-hybridized carbons (Fsp3) is 0.333. The Morgan fingerprint density at radius 2 is 1.12 bits per heavy atom. The van der Waals surface area contributed by atoms with Crippen LogP contribution in [0.1, 0.15) is 6.92 Å². The molecule has 0 aliphatic carbocycles. The molecule has 0 bridgehead atoms. The van der Waals surface area contributed by atoms with Crippen LogP contribution in [0, 0.1) is 0 Å². The highest BCUT2D eigenvalue weighted by Crippen LogP contribution is 2.24. The maximum absolute atomic E-state index is 5.80. The van der Waals surface area contributed by atoms with Crippen molar-refractivity contribution in [1.29, 1.82) is 0 Å². The first-order valence-electron chi connectivity index (χ1n) is 8.24. The molecule has 0 aliphatic heterocycles. The summed E-state index contributed by atoms with van der Waals surface area (Å²) in [6.45, 7) is 3.15. The van der Waals surface area contributed by atoms with Crippen molar-refractivity contribution in [2.24, 2.45) is 0 Å². The Kier molecular flexibility index (Phi) is 7.19. The number of hydrogen-bond acceptors (Lipinski definition) is 8. The van der Waals surface area contributed by atoms with Gasteiger partial charge in [0.1, 0.15) is 24.7 Å². The second-order valence-electron chi connectivity index (χ2n) is 5.60. The van der Waals surface area contributed by atoms with Crippen LogP contribution in [-0.2, 0) is 9.47 Å². The molecule has 0 atom stereocenters. The third-order valence-corrected chi connectivity index (χ3v) is 3.46. The number of nitrogen functional groups attached to an aromatic ring is 4. The molecule has 0 unspecified atom stereocenters. The summed E-state index contributed by atoms with van der Waals surface area (Å²) in [6, 6.07) is 10.2. The van der Waals surface area contributed by atoms with E-state index in [0.29, 0.717) is 60.7 Å². The van der Waals surface area contributed by atoms with Gasteiger partial charge in [0.15, 0.2) is 6.29 Å². The van der Waals surface area contributed by atoms with Gasteiger partial charge in [-0.25, -0.2) is 0 Å². The van der Waals surface area contributed by atoms with E-state index in [0.717, 1.165) is 0 Å². The Morgan fingerprint density at radius 1 is 0.692 bits per heavy atom. The van der Waals surface area contributed by atoms with Crippen LogP contribution in [0.4, 0.5) is 22.7 Å². The van der Waals surface area contributed by atoms with Gasteiger partial charge in [-0.3, -0.25) is 0 Å². The maximum atomic E-state index is 5.80. The molecular formula is C18H26N4O4. The normalized spacial score (nSPS) is 10.8. The van der Waals surface area contributed by atoms with E-state index in [1.165, 1.54) is 0 Å². The summed E-state index contributed by atoms with van der Waals surface area (Å²) in [5, 5.41) is 0. The van der Waals surface area contributed by atoms with Gasteiger partial charge in [-0.1, -0.05) is 0 Å². The largest absolute Gasteiger partial charge is 0.489 e. The maximum Gasteiger partial charge on any atom is 0.155 e. The summed E-state index contributed by atoms with van der Waals surface area (Å²) < 4.78 is 22.1. The van der Waals surface area contributed by atoms with Gasteiger partial charge in [0, 0.05) is 23.5 Å². The first-order chi connectivity index (χ1) is 12.5. The average molecular weight is 362 g/mol. The molecule has 2 aromatic carbocycles. The molecule has 26 heavy (non-hydrogen) atoms. The third kappa shape index (κ3) is 6.23. The molecule has 0 heterocycles. The Morgan fingerprint density at radius 3 is 1.54 bits per heavy atom. The number of anilines is 4. The molecule has 2 aromatic rings. The van der Waals surface area contributed by atoms with E-state index in [9.17, 15) is 0 Å². The predicted octanol–water partition coefficient (Wildman–Crippen LogP) is 1.85. The molecule has 0 saturated heterocycles. The van der Waals surface area contributed by atoms with Gasteiger partial charge in [0.05, 0.1) is 24.6 Å². The molecule has 0 saturated carbocycles. The Labute approximate surface area is 152 Å². The summed E-state index contributed by atoms with van der Waals surface area (Å²) in [5.41, 5.74) is 25.2. The standard InChI is InChI=1S/C18H26N4O4/c1-12(23-6-8-25-17-10-13(19)2-4-15(17)21)24-7-9-26-18-11-14(20)3-5-16(18)22/h2-5,10-12H,6-9,19-22H2,1H3. The van der Waals surface area contributed by atoms with Crippen molar-refractivity contribution in [2.45, 2.75) is 13.2 Å². The molecule has 0 radical (unpaired) electrons. The van der Waals surface area contributed by atoms with Crippen molar-refractivity contribution in [3.8, 4) is 11.5 Å². The first kappa shape index (κ1) is 19.5. The number of nitrogens with two attached hydrogens (primary N) is 4. The second kappa shape index (κ2) is 9.59. The SMILES string of the molecule is CC(OCCOc1cc(N)ccc1N)OCCOc1cc(N)ccc1N. The van der Waals surface area contributed by atoms with Gasteiger partial charge in [0.25, 0.3) is 0 Å². The number of ether oxygens (including phenoxy) is 4. The summed E-state index contributed by atoms with van der Waals surface area (Å²) in [5.74, 6) is 1.07. The Bertz CT molecular complexity index is 652. The summed E-state index contributed by atoms with van der Waals surface area (Å²) in [6.07, 6.45) is -0.404. The minimum Gasteiger partial charge on any atom is -0.489 e. The van der Waals surface area contributed by atoms with Crippen molar-refractivity contribution in [1.82, 2.24) is 0 Å². The molecule has 0 amide bonds. The summed E-state index contributed by atoms with van der Waals surface area (Å²) in [7, 11) is 0. The van der Waals surface area contributed by atoms with E-state index in [1.807, 2.05) is 0 Å². The second-order valence-corrected chi connectivity index (χ2v) is 5.60. The molecule has 0 spiro atoms. The molecule has 0 aliphatic rings. The molecule has 0 aromatic heterocycles. The highest BCUT2D eigenvalue weighted by Gasteiger charge is 2.05. The zero-order chi connectivity index (χ0) is 18.9. The monoisotopic (exact) mass is 362 g/mol. The molecule has 2 rings (SSSR count). The van der Waals surface area contributed by atoms with Crippen LogP contribution in [0.25, 0.3) is 0 Å². The van der Waals surface area contributed by atoms with Gasteiger partial charge < -0.3 is 41.9 Å². The van der Waals surface area contributed by atoms with E-state index in [4.69, 9.17) is 41.9 Å². The number of rotatable bonds is 10. The van der Waals surface area contributed by atoms with Crippen LogP contribution < -0.4 is 32.4 Å². The molecular weight excluding hydrogens is 336 g/mol. The minimum atomic E-state index is -0.404. The van der Waals surface area contributed by atoms with Crippen LogP contribution in [0.15, 0.2) is 36.4 Å². The molecule has 0 fully saturated rings. The quantitative estimate of drug-likeness (QED) is 0.285.